The van der Waals surface area contributed by atoms with Crippen LogP contribution in [0.4, 0.5) is 4.39 Å². The summed E-state index contributed by atoms with van der Waals surface area (Å²) in [6.45, 7) is 2.43. The molecule has 0 unspecified atom stereocenters. The van der Waals surface area contributed by atoms with Gasteiger partial charge in [-0.25, -0.2) is 19.0 Å². The Bertz CT molecular complexity index is 1150. The molecule has 0 aliphatic carbocycles. The summed E-state index contributed by atoms with van der Waals surface area (Å²) in [5, 5.41) is 8.44. The Balaban J connectivity index is 1.44. The van der Waals surface area contributed by atoms with Crippen LogP contribution in [0.1, 0.15) is 12.5 Å². The van der Waals surface area contributed by atoms with E-state index in [9.17, 15) is 9.18 Å². The third kappa shape index (κ3) is 4.49. The van der Waals surface area contributed by atoms with E-state index in [4.69, 9.17) is 0 Å². The number of amides is 1. The predicted molar refractivity (Wildman–Crippen MR) is 115 cm³/mol. The number of hydrogen-bond acceptors (Lipinski definition) is 5. The Kier molecular flexibility index (Phi) is 6.04. The summed E-state index contributed by atoms with van der Waals surface area (Å²) in [6.07, 6.45) is 3.90. The molecule has 0 aliphatic heterocycles. The van der Waals surface area contributed by atoms with Crippen LogP contribution >= 0.6 is 11.8 Å². The van der Waals surface area contributed by atoms with Crippen molar-refractivity contribution in [3.05, 3.63) is 78.5 Å². The number of fused-ring (bicyclic) bond motifs is 1. The van der Waals surface area contributed by atoms with E-state index in [1.807, 2.05) is 37.3 Å². The Morgan fingerprint density at radius 1 is 1.13 bits per heavy atom. The van der Waals surface area contributed by atoms with Gasteiger partial charge in [0.05, 0.1) is 22.5 Å². The molecule has 2 aromatic heterocycles. The number of rotatable bonds is 7. The topological polar surface area (TPSA) is 72.7 Å². The van der Waals surface area contributed by atoms with Gasteiger partial charge in [0.15, 0.2) is 5.65 Å². The number of thioether (sulfide) groups is 1. The van der Waals surface area contributed by atoms with Gasteiger partial charge in [-0.3, -0.25) is 4.79 Å². The van der Waals surface area contributed by atoms with Gasteiger partial charge in [0.1, 0.15) is 17.2 Å². The van der Waals surface area contributed by atoms with Gasteiger partial charge in [0, 0.05) is 6.54 Å². The monoisotopic (exact) mass is 421 g/mol. The first-order valence-electron chi connectivity index (χ1n) is 9.55. The van der Waals surface area contributed by atoms with E-state index in [1.54, 1.807) is 23.0 Å². The number of nitrogens with one attached hydrogen (secondary N) is 1. The lowest BCUT2D eigenvalue weighted by Crippen LogP contribution is -2.32. The second kappa shape index (κ2) is 9.04. The highest BCUT2D eigenvalue weighted by Gasteiger charge is 2.18. The lowest BCUT2D eigenvalue weighted by Gasteiger charge is -2.12. The minimum Gasteiger partial charge on any atom is -0.355 e. The maximum absolute atomic E-state index is 13.2. The van der Waals surface area contributed by atoms with E-state index >= 15 is 0 Å². The Morgan fingerprint density at radius 3 is 2.67 bits per heavy atom. The van der Waals surface area contributed by atoms with Crippen molar-refractivity contribution < 1.29 is 9.18 Å². The molecule has 0 bridgehead atoms. The molecule has 8 heteroatoms. The highest BCUT2D eigenvalue weighted by molar-refractivity contribution is 8.00. The molecule has 4 aromatic rings. The molecule has 152 valence electrons. The zero-order valence-electron chi connectivity index (χ0n) is 16.3. The number of aromatic nitrogens is 4. The molecular weight excluding hydrogens is 401 g/mol. The first-order chi connectivity index (χ1) is 14.6. The van der Waals surface area contributed by atoms with Crippen LogP contribution in [0.5, 0.6) is 0 Å². The molecule has 2 aromatic carbocycles. The van der Waals surface area contributed by atoms with Gasteiger partial charge >= 0.3 is 0 Å². The van der Waals surface area contributed by atoms with Gasteiger partial charge in [0.25, 0.3) is 0 Å². The van der Waals surface area contributed by atoms with Crippen molar-refractivity contribution in [1.82, 2.24) is 25.1 Å². The maximum atomic E-state index is 13.2. The van der Waals surface area contributed by atoms with Gasteiger partial charge in [-0.2, -0.15) is 5.10 Å². The molecule has 2 heterocycles. The molecule has 1 amide bonds. The zero-order valence-corrected chi connectivity index (χ0v) is 17.1. The lowest BCUT2D eigenvalue weighted by molar-refractivity contribution is -0.120. The molecule has 1 atom stereocenters. The average Bonchev–Trinajstić information content (AvgIpc) is 3.20. The summed E-state index contributed by atoms with van der Waals surface area (Å²) < 4.78 is 14.8. The standard InChI is InChI=1S/C22H20FN5OS/c1-15(21(29)24-12-11-16-5-3-2-4-6-16)30-22-19-13-27-28(20(19)25-14-26-22)18-9-7-17(23)8-10-18/h2-10,13-15H,11-12H2,1H3,(H,24,29)/t15-/m0/s1. The molecule has 0 fully saturated rings. The van der Waals surface area contributed by atoms with Gasteiger partial charge in [0.2, 0.25) is 5.91 Å². The van der Waals surface area contributed by atoms with Crippen LogP contribution in [0.15, 0.2) is 72.1 Å². The normalized spacial score (nSPS) is 12.1. The average molecular weight is 422 g/mol. The Labute approximate surface area is 177 Å². The van der Waals surface area contributed by atoms with Crippen LogP contribution in [-0.4, -0.2) is 37.5 Å². The van der Waals surface area contributed by atoms with Crippen LogP contribution < -0.4 is 5.32 Å². The van der Waals surface area contributed by atoms with Crippen LogP contribution in [-0.2, 0) is 11.2 Å². The second-order valence-electron chi connectivity index (χ2n) is 6.74. The van der Waals surface area contributed by atoms with Crippen molar-refractivity contribution >= 4 is 28.7 Å². The Morgan fingerprint density at radius 2 is 1.90 bits per heavy atom. The number of carbonyl (C=O) groups is 1. The molecule has 4 rings (SSSR count). The largest absolute Gasteiger partial charge is 0.355 e. The number of nitrogens with zero attached hydrogens (tertiary/aromatic N) is 4. The smallest absolute Gasteiger partial charge is 0.233 e. The van der Waals surface area contributed by atoms with Gasteiger partial charge < -0.3 is 5.32 Å². The number of hydrogen-bond donors (Lipinski definition) is 1. The van der Waals surface area contributed by atoms with Crippen molar-refractivity contribution in [3.8, 4) is 5.69 Å². The molecule has 30 heavy (non-hydrogen) atoms. The fraction of sp³-hybridized carbons (Fsp3) is 0.182. The summed E-state index contributed by atoms with van der Waals surface area (Å²) >= 11 is 1.36. The predicted octanol–water partition coefficient (Wildman–Crippen LogP) is 3.79. The van der Waals surface area contributed by atoms with Gasteiger partial charge in [-0.05, 0) is 43.2 Å². The molecule has 0 radical (unpaired) electrons. The summed E-state index contributed by atoms with van der Waals surface area (Å²) in [6, 6.07) is 16.1. The molecule has 0 spiro atoms. The fourth-order valence-corrected chi connectivity index (χ4v) is 3.93. The number of carbonyl (C=O) groups excluding carboxylic acids is 1. The molecule has 1 N–H and O–H groups in total. The van der Waals surface area contributed by atoms with Crippen LogP contribution in [0.2, 0.25) is 0 Å². The van der Waals surface area contributed by atoms with Crippen molar-refractivity contribution in [2.24, 2.45) is 0 Å². The highest BCUT2D eigenvalue weighted by atomic mass is 32.2. The summed E-state index contributed by atoms with van der Waals surface area (Å²) in [4.78, 5) is 21.2. The first-order valence-corrected chi connectivity index (χ1v) is 10.4. The van der Waals surface area contributed by atoms with E-state index in [-0.39, 0.29) is 17.0 Å². The van der Waals surface area contributed by atoms with Crippen molar-refractivity contribution in [3.63, 3.8) is 0 Å². The third-order valence-corrected chi connectivity index (χ3v) is 5.73. The molecule has 6 nitrogen and oxygen atoms in total. The lowest BCUT2D eigenvalue weighted by atomic mass is 10.1. The second-order valence-corrected chi connectivity index (χ2v) is 8.07. The summed E-state index contributed by atoms with van der Waals surface area (Å²) in [7, 11) is 0. The van der Waals surface area contributed by atoms with Crippen LogP contribution in [0.25, 0.3) is 16.7 Å². The van der Waals surface area contributed by atoms with Gasteiger partial charge in [-0.1, -0.05) is 42.1 Å². The van der Waals surface area contributed by atoms with E-state index in [0.29, 0.717) is 22.9 Å². The number of halogens is 1. The third-order valence-electron chi connectivity index (χ3n) is 4.61. The van der Waals surface area contributed by atoms with Crippen LogP contribution in [0, 0.1) is 5.82 Å². The Hall–Kier alpha value is -3.26. The maximum Gasteiger partial charge on any atom is 0.233 e. The first kappa shape index (κ1) is 20.0. The van der Waals surface area contributed by atoms with Gasteiger partial charge in [-0.15, -0.1) is 0 Å². The minimum atomic E-state index is -0.326. The molecule has 0 aliphatic rings. The minimum absolute atomic E-state index is 0.0476. The number of benzene rings is 2. The van der Waals surface area contributed by atoms with E-state index in [2.05, 4.69) is 20.4 Å². The van der Waals surface area contributed by atoms with Crippen molar-refractivity contribution in [2.75, 3.05) is 6.54 Å². The zero-order chi connectivity index (χ0) is 20.9. The summed E-state index contributed by atoms with van der Waals surface area (Å²) in [5.41, 5.74) is 2.49. The van der Waals surface area contributed by atoms with Crippen molar-refractivity contribution in [2.45, 2.75) is 23.6 Å². The molecular formula is C22H20FN5OS. The van der Waals surface area contributed by atoms with Crippen molar-refractivity contribution in [1.29, 1.82) is 0 Å². The van der Waals surface area contributed by atoms with E-state index in [1.165, 1.54) is 35.8 Å². The molecule has 0 saturated heterocycles. The van der Waals surface area contributed by atoms with E-state index in [0.717, 1.165) is 11.8 Å². The SMILES string of the molecule is C[C@H](Sc1ncnc2c1cnn2-c1ccc(F)cc1)C(=O)NCCc1ccccc1. The van der Waals surface area contributed by atoms with E-state index < -0.39 is 0 Å². The molecule has 0 saturated carbocycles. The quantitative estimate of drug-likeness (QED) is 0.363. The fourth-order valence-electron chi connectivity index (χ4n) is 3.03. The summed E-state index contributed by atoms with van der Waals surface area (Å²) in [5.74, 6) is -0.359. The van der Waals surface area contributed by atoms with Crippen LogP contribution in [0.3, 0.4) is 0 Å². The highest BCUT2D eigenvalue weighted by Crippen LogP contribution is 2.28.